The van der Waals surface area contributed by atoms with Crippen molar-refractivity contribution >= 4 is 29.0 Å². The Morgan fingerprint density at radius 2 is 2.16 bits per heavy atom. The van der Waals surface area contributed by atoms with Gasteiger partial charge in [-0.2, -0.15) is 0 Å². The van der Waals surface area contributed by atoms with Crippen LogP contribution in [0.1, 0.15) is 24.2 Å². The first-order valence-corrected chi connectivity index (χ1v) is 5.67. The maximum atomic E-state index is 11.4. The lowest BCUT2D eigenvalue weighted by Crippen LogP contribution is -2.18. The van der Waals surface area contributed by atoms with Crippen molar-refractivity contribution in [2.24, 2.45) is 0 Å². The summed E-state index contributed by atoms with van der Waals surface area (Å²) in [7, 11) is 0. The van der Waals surface area contributed by atoms with Crippen LogP contribution >= 0.6 is 0 Å². The van der Waals surface area contributed by atoms with Gasteiger partial charge < -0.3 is 14.8 Å². The number of fused-ring (bicyclic) bond motifs is 1. The van der Waals surface area contributed by atoms with Crippen molar-refractivity contribution in [2.45, 2.75) is 20.0 Å². The molecular weight excluding hydrogens is 250 g/mol. The average molecular weight is 263 g/mol. The molecule has 0 radical (unpaired) electrons. The molecule has 1 aromatic heterocycles. The van der Waals surface area contributed by atoms with Gasteiger partial charge in [0, 0.05) is 0 Å². The molecule has 3 N–H and O–H groups in total. The van der Waals surface area contributed by atoms with Gasteiger partial charge in [-0.05, 0) is 26.0 Å². The molecule has 100 valence electrons. The normalized spacial score (nSPS) is 10.7. The Morgan fingerprint density at radius 1 is 1.42 bits per heavy atom. The van der Waals surface area contributed by atoms with E-state index in [1.165, 1.54) is 6.07 Å². The van der Waals surface area contributed by atoms with E-state index in [-0.39, 0.29) is 17.6 Å². The number of carbonyl (C=O) groups is 2. The quantitative estimate of drug-likeness (QED) is 0.787. The molecule has 0 spiro atoms. The van der Waals surface area contributed by atoms with E-state index in [9.17, 15) is 9.59 Å². The summed E-state index contributed by atoms with van der Waals surface area (Å²) in [6.45, 7) is 3.45. The van der Waals surface area contributed by atoms with Crippen molar-refractivity contribution in [3.05, 3.63) is 23.8 Å². The number of aromatic nitrogens is 2. The van der Waals surface area contributed by atoms with Crippen LogP contribution in [0.5, 0.6) is 0 Å². The van der Waals surface area contributed by atoms with Gasteiger partial charge in [0.2, 0.25) is 5.95 Å². The van der Waals surface area contributed by atoms with Crippen LogP contribution in [0.2, 0.25) is 0 Å². The zero-order valence-electron chi connectivity index (χ0n) is 10.4. The predicted octanol–water partition coefficient (Wildman–Crippen LogP) is 2.22. The lowest BCUT2D eigenvalue weighted by atomic mass is 10.2. The Balaban J connectivity index is 2.29. The van der Waals surface area contributed by atoms with Crippen molar-refractivity contribution in [1.82, 2.24) is 9.97 Å². The van der Waals surface area contributed by atoms with Crippen LogP contribution in [-0.4, -0.2) is 33.2 Å². The number of imidazole rings is 1. The molecule has 0 aliphatic rings. The van der Waals surface area contributed by atoms with Crippen molar-refractivity contribution in [2.75, 3.05) is 5.32 Å². The van der Waals surface area contributed by atoms with Gasteiger partial charge in [-0.3, -0.25) is 5.32 Å². The molecule has 0 aliphatic carbocycles. The molecule has 0 fully saturated rings. The highest BCUT2D eigenvalue weighted by atomic mass is 16.6. The summed E-state index contributed by atoms with van der Waals surface area (Å²) in [6.07, 6.45) is -0.898. The van der Waals surface area contributed by atoms with E-state index in [2.05, 4.69) is 15.3 Å². The van der Waals surface area contributed by atoms with Crippen LogP contribution in [0.15, 0.2) is 18.2 Å². The molecule has 0 bridgehead atoms. The standard InChI is InChI=1S/C12H13N3O4/c1-6(2)19-12(18)15-11-13-8-5-3-4-7(10(16)17)9(8)14-11/h3-6H,1-2H3,(H,16,17)(H2,13,14,15,18). The molecule has 7 heteroatoms. The molecule has 1 heterocycles. The lowest BCUT2D eigenvalue weighted by Gasteiger charge is -2.06. The summed E-state index contributed by atoms with van der Waals surface area (Å²) >= 11 is 0. The number of carboxylic acids is 1. The number of benzene rings is 1. The first-order valence-electron chi connectivity index (χ1n) is 5.67. The van der Waals surface area contributed by atoms with E-state index in [0.717, 1.165) is 0 Å². The maximum Gasteiger partial charge on any atom is 0.414 e. The molecule has 1 aromatic carbocycles. The van der Waals surface area contributed by atoms with Gasteiger partial charge in [-0.1, -0.05) is 6.07 Å². The van der Waals surface area contributed by atoms with Crippen LogP contribution in [0.4, 0.5) is 10.7 Å². The third kappa shape index (κ3) is 2.82. The molecule has 0 saturated carbocycles. The van der Waals surface area contributed by atoms with Gasteiger partial charge in [0.1, 0.15) is 0 Å². The van der Waals surface area contributed by atoms with Gasteiger partial charge in [0.25, 0.3) is 0 Å². The number of anilines is 1. The summed E-state index contributed by atoms with van der Waals surface area (Å²) in [5.74, 6) is -0.917. The number of rotatable bonds is 3. The lowest BCUT2D eigenvalue weighted by molar-refractivity contribution is 0.0698. The molecule has 0 saturated heterocycles. The minimum Gasteiger partial charge on any atom is -0.478 e. The highest BCUT2D eigenvalue weighted by Crippen LogP contribution is 2.18. The Morgan fingerprint density at radius 3 is 2.79 bits per heavy atom. The molecule has 1 amide bonds. The monoisotopic (exact) mass is 263 g/mol. The van der Waals surface area contributed by atoms with E-state index in [1.54, 1.807) is 26.0 Å². The molecule has 0 unspecified atom stereocenters. The Labute approximate surface area is 108 Å². The maximum absolute atomic E-state index is 11.4. The number of amides is 1. The van der Waals surface area contributed by atoms with E-state index in [0.29, 0.717) is 11.0 Å². The summed E-state index contributed by atoms with van der Waals surface area (Å²) in [5.41, 5.74) is 0.907. The van der Waals surface area contributed by atoms with Crippen molar-refractivity contribution < 1.29 is 19.4 Å². The number of carboxylic acid groups (broad SMARTS) is 1. The number of nitrogens with one attached hydrogen (secondary N) is 2. The van der Waals surface area contributed by atoms with Gasteiger partial charge in [-0.25, -0.2) is 14.6 Å². The highest BCUT2D eigenvalue weighted by Gasteiger charge is 2.14. The van der Waals surface area contributed by atoms with Crippen LogP contribution < -0.4 is 5.32 Å². The number of para-hydroxylation sites is 1. The molecule has 2 rings (SSSR count). The SMILES string of the molecule is CC(C)OC(=O)Nc1nc2cccc(C(=O)O)c2[nH]1. The largest absolute Gasteiger partial charge is 0.478 e. The van der Waals surface area contributed by atoms with Gasteiger partial charge in [0.15, 0.2) is 0 Å². The number of hydrogen-bond donors (Lipinski definition) is 3. The third-order valence-corrected chi connectivity index (χ3v) is 2.31. The molecule has 0 atom stereocenters. The van der Waals surface area contributed by atoms with Crippen molar-refractivity contribution in [3.63, 3.8) is 0 Å². The highest BCUT2D eigenvalue weighted by molar-refractivity contribution is 6.01. The molecule has 7 nitrogen and oxygen atoms in total. The second-order valence-corrected chi connectivity index (χ2v) is 4.17. The minimum absolute atomic E-state index is 0.0928. The fourth-order valence-electron chi connectivity index (χ4n) is 1.61. The number of H-pyrrole nitrogens is 1. The summed E-state index contributed by atoms with van der Waals surface area (Å²) < 4.78 is 4.90. The topological polar surface area (TPSA) is 104 Å². The van der Waals surface area contributed by atoms with E-state index in [4.69, 9.17) is 9.84 Å². The fourth-order valence-corrected chi connectivity index (χ4v) is 1.61. The van der Waals surface area contributed by atoms with Gasteiger partial charge in [0.05, 0.1) is 22.7 Å². The van der Waals surface area contributed by atoms with Crippen LogP contribution in [0.3, 0.4) is 0 Å². The van der Waals surface area contributed by atoms with Crippen molar-refractivity contribution in [1.29, 1.82) is 0 Å². The number of ether oxygens (including phenoxy) is 1. The predicted molar refractivity (Wildman–Crippen MR) is 68.3 cm³/mol. The van der Waals surface area contributed by atoms with Crippen LogP contribution in [0.25, 0.3) is 11.0 Å². The minimum atomic E-state index is -1.06. The Bertz CT molecular complexity index is 633. The summed E-state index contributed by atoms with van der Waals surface area (Å²) in [4.78, 5) is 29.3. The number of nitrogens with zero attached hydrogens (tertiary/aromatic N) is 1. The summed E-state index contributed by atoms with van der Waals surface area (Å²) in [5, 5.41) is 11.4. The third-order valence-electron chi connectivity index (χ3n) is 2.31. The Hall–Kier alpha value is -2.57. The molecule has 0 aliphatic heterocycles. The fraction of sp³-hybridized carbons (Fsp3) is 0.250. The average Bonchev–Trinajstić information content (AvgIpc) is 2.68. The molecule has 19 heavy (non-hydrogen) atoms. The number of carbonyl (C=O) groups excluding carboxylic acids is 1. The Kier molecular flexibility index (Phi) is 3.37. The van der Waals surface area contributed by atoms with Gasteiger partial charge >= 0.3 is 12.1 Å². The van der Waals surface area contributed by atoms with Crippen molar-refractivity contribution in [3.8, 4) is 0 Å². The zero-order valence-corrected chi connectivity index (χ0v) is 10.4. The second-order valence-electron chi connectivity index (χ2n) is 4.17. The second kappa shape index (κ2) is 4.97. The van der Waals surface area contributed by atoms with E-state index >= 15 is 0 Å². The zero-order chi connectivity index (χ0) is 14.0. The number of aromatic amines is 1. The van der Waals surface area contributed by atoms with E-state index < -0.39 is 12.1 Å². The summed E-state index contributed by atoms with van der Waals surface area (Å²) in [6, 6.07) is 4.69. The van der Waals surface area contributed by atoms with Crippen LogP contribution in [-0.2, 0) is 4.74 Å². The van der Waals surface area contributed by atoms with Gasteiger partial charge in [-0.15, -0.1) is 0 Å². The molecular formula is C12H13N3O4. The van der Waals surface area contributed by atoms with E-state index in [1.807, 2.05) is 0 Å². The first kappa shape index (κ1) is 12.9. The smallest absolute Gasteiger partial charge is 0.414 e. The first-order chi connectivity index (χ1) is 8.97. The number of hydrogen-bond acceptors (Lipinski definition) is 4. The molecule has 2 aromatic rings. The number of aromatic carboxylic acids is 1. The van der Waals surface area contributed by atoms with Crippen LogP contribution in [0, 0.1) is 0 Å².